The van der Waals surface area contributed by atoms with Crippen LogP contribution in [0.1, 0.15) is 37.7 Å². The van der Waals surface area contributed by atoms with Gasteiger partial charge in [-0.1, -0.05) is 35.0 Å². The number of aromatic nitrogens is 5. The quantitative estimate of drug-likeness (QED) is 0.161. The van der Waals surface area contributed by atoms with Crippen LogP contribution in [0.5, 0.6) is 0 Å². The average molecular weight is 493 g/mol. The Balaban J connectivity index is 1.52. The SMILES string of the molecule is COC(=O)c1ccc(/C=N/NC(=O)c2nnn(-c3nonc3N)c2CSc2ccc(C)cc2)cc1. The third kappa shape index (κ3) is 5.52. The van der Waals surface area contributed by atoms with Crippen LogP contribution in [0.2, 0.25) is 0 Å². The molecule has 0 radical (unpaired) electrons. The minimum absolute atomic E-state index is 0.0110. The number of hydrogen-bond acceptors (Lipinski definition) is 11. The lowest BCUT2D eigenvalue weighted by atomic mass is 10.1. The van der Waals surface area contributed by atoms with Crippen LogP contribution < -0.4 is 11.2 Å². The van der Waals surface area contributed by atoms with Crippen molar-refractivity contribution in [2.75, 3.05) is 12.8 Å². The minimum Gasteiger partial charge on any atom is -0.465 e. The van der Waals surface area contributed by atoms with Gasteiger partial charge in [-0.3, -0.25) is 4.79 Å². The number of nitrogens with one attached hydrogen (secondary N) is 1. The topological polar surface area (TPSA) is 163 Å². The first-order valence-electron chi connectivity index (χ1n) is 10.2. The van der Waals surface area contributed by atoms with Crippen molar-refractivity contribution in [2.24, 2.45) is 5.10 Å². The van der Waals surface area contributed by atoms with Gasteiger partial charge in [-0.25, -0.2) is 14.8 Å². The molecule has 178 valence electrons. The van der Waals surface area contributed by atoms with Gasteiger partial charge in [-0.15, -0.1) is 16.9 Å². The molecule has 0 aliphatic heterocycles. The largest absolute Gasteiger partial charge is 0.465 e. The number of carbonyl (C=O) groups is 2. The fourth-order valence-corrected chi connectivity index (χ4v) is 3.83. The fraction of sp³-hybridized carbons (Fsp3) is 0.136. The third-order valence-corrected chi connectivity index (χ3v) is 5.81. The summed E-state index contributed by atoms with van der Waals surface area (Å²) in [6.07, 6.45) is 1.43. The van der Waals surface area contributed by atoms with Gasteiger partial charge in [0.2, 0.25) is 11.6 Å². The summed E-state index contributed by atoms with van der Waals surface area (Å²) >= 11 is 1.49. The second-order valence-corrected chi connectivity index (χ2v) is 8.23. The number of rotatable bonds is 8. The molecular formula is C22H20N8O4S. The van der Waals surface area contributed by atoms with Gasteiger partial charge in [-0.2, -0.15) is 9.78 Å². The molecular weight excluding hydrogens is 472 g/mol. The van der Waals surface area contributed by atoms with Crippen LogP contribution in [0.15, 0.2) is 63.2 Å². The number of ether oxygens (including phenoxy) is 1. The van der Waals surface area contributed by atoms with Crippen LogP contribution in [-0.4, -0.2) is 50.5 Å². The second kappa shape index (κ2) is 10.6. The number of aryl methyl sites for hydroxylation is 1. The van der Waals surface area contributed by atoms with Crippen molar-refractivity contribution in [3.05, 3.63) is 76.6 Å². The zero-order valence-corrected chi connectivity index (χ0v) is 19.5. The van der Waals surface area contributed by atoms with Gasteiger partial charge >= 0.3 is 5.97 Å². The summed E-state index contributed by atoms with van der Waals surface area (Å²) in [5.41, 5.74) is 11.0. The molecule has 0 atom stereocenters. The molecule has 0 fully saturated rings. The number of anilines is 1. The number of amides is 1. The number of nitrogen functional groups attached to an aromatic ring is 1. The lowest BCUT2D eigenvalue weighted by molar-refractivity contribution is 0.0600. The van der Waals surface area contributed by atoms with Gasteiger partial charge in [0.25, 0.3) is 5.91 Å². The van der Waals surface area contributed by atoms with E-state index in [0.29, 0.717) is 22.6 Å². The molecule has 4 aromatic rings. The molecule has 0 aliphatic rings. The monoisotopic (exact) mass is 492 g/mol. The molecule has 0 saturated heterocycles. The van der Waals surface area contributed by atoms with Crippen molar-refractivity contribution >= 4 is 35.7 Å². The number of hydrazone groups is 1. The third-order valence-electron chi connectivity index (χ3n) is 4.78. The van der Waals surface area contributed by atoms with Crippen molar-refractivity contribution in [3.63, 3.8) is 0 Å². The second-order valence-electron chi connectivity index (χ2n) is 7.18. The van der Waals surface area contributed by atoms with Crippen molar-refractivity contribution < 1.29 is 19.0 Å². The number of esters is 1. The van der Waals surface area contributed by atoms with Crippen molar-refractivity contribution in [1.82, 2.24) is 30.7 Å². The summed E-state index contributed by atoms with van der Waals surface area (Å²) in [5.74, 6) is -0.539. The summed E-state index contributed by atoms with van der Waals surface area (Å²) in [6.45, 7) is 2.00. The highest BCUT2D eigenvalue weighted by molar-refractivity contribution is 7.98. The number of carbonyl (C=O) groups excluding carboxylic acids is 2. The Morgan fingerprint density at radius 1 is 1.17 bits per heavy atom. The van der Waals surface area contributed by atoms with E-state index in [1.165, 1.54) is 29.8 Å². The molecule has 2 heterocycles. The lowest BCUT2D eigenvalue weighted by Crippen LogP contribution is -2.20. The lowest BCUT2D eigenvalue weighted by Gasteiger charge is -2.06. The van der Waals surface area contributed by atoms with E-state index in [9.17, 15) is 9.59 Å². The number of hydrogen-bond donors (Lipinski definition) is 2. The maximum atomic E-state index is 12.9. The Morgan fingerprint density at radius 2 is 1.91 bits per heavy atom. The van der Waals surface area contributed by atoms with Gasteiger partial charge in [0.1, 0.15) is 0 Å². The first kappa shape index (κ1) is 23.6. The smallest absolute Gasteiger partial charge is 0.337 e. The predicted octanol–water partition coefficient (Wildman–Crippen LogP) is 2.38. The number of nitrogens with two attached hydrogens (primary N) is 1. The van der Waals surface area contributed by atoms with E-state index in [0.717, 1.165) is 10.5 Å². The molecule has 13 heteroatoms. The maximum Gasteiger partial charge on any atom is 0.337 e. The van der Waals surface area contributed by atoms with Crippen LogP contribution in [0, 0.1) is 6.92 Å². The minimum atomic E-state index is -0.576. The van der Waals surface area contributed by atoms with E-state index < -0.39 is 11.9 Å². The molecule has 12 nitrogen and oxygen atoms in total. The molecule has 0 aliphatic carbocycles. The Hall–Kier alpha value is -4.52. The molecule has 4 rings (SSSR count). The average Bonchev–Trinajstić information content (AvgIpc) is 3.49. The summed E-state index contributed by atoms with van der Waals surface area (Å²) in [7, 11) is 1.31. The molecule has 2 aromatic carbocycles. The Bertz CT molecular complexity index is 1360. The number of thioether (sulfide) groups is 1. The molecule has 0 saturated carbocycles. The van der Waals surface area contributed by atoms with Gasteiger partial charge in [0.05, 0.1) is 24.6 Å². The van der Waals surface area contributed by atoms with E-state index in [2.05, 4.69) is 40.5 Å². The Labute approximate surface area is 203 Å². The van der Waals surface area contributed by atoms with Gasteiger partial charge in [-0.05, 0) is 47.1 Å². The van der Waals surface area contributed by atoms with Gasteiger partial charge in [0, 0.05) is 10.6 Å². The molecule has 0 spiro atoms. The van der Waals surface area contributed by atoms with E-state index >= 15 is 0 Å². The normalized spacial score (nSPS) is 11.0. The van der Waals surface area contributed by atoms with Crippen molar-refractivity contribution in [2.45, 2.75) is 17.6 Å². The Kier molecular flexibility index (Phi) is 7.16. The number of methoxy groups -OCH3 is 1. The predicted molar refractivity (Wildman–Crippen MR) is 127 cm³/mol. The first-order chi connectivity index (χ1) is 17.0. The molecule has 3 N–H and O–H groups in total. The van der Waals surface area contributed by atoms with Gasteiger partial charge < -0.3 is 10.5 Å². The first-order valence-corrected chi connectivity index (χ1v) is 11.2. The van der Waals surface area contributed by atoms with Crippen LogP contribution in [-0.2, 0) is 10.5 Å². The number of benzene rings is 2. The van der Waals surface area contributed by atoms with Gasteiger partial charge in [0.15, 0.2) is 5.69 Å². The molecule has 2 aromatic heterocycles. The van der Waals surface area contributed by atoms with E-state index in [-0.39, 0.29) is 17.3 Å². The highest BCUT2D eigenvalue weighted by Gasteiger charge is 2.24. The highest BCUT2D eigenvalue weighted by atomic mass is 32.2. The summed E-state index contributed by atoms with van der Waals surface area (Å²) < 4.78 is 10.7. The van der Waals surface area contributed by atoms with E-state index in [4.69, 9.17) is 5.73 Å². The van der Waals surface area contributed by atoms with Crippen molar-refractivity contribution in [3.8, 4) is 5.82 Å². The van der Waals surface area contributed by atoms with Crippen LogP contribution >= 0.6 is 11.8 Å². The molecule has 0 unspecified atom stereocenters. The fourth-order valence-electron chi connectivity index (χ4n) is 2.94. The zero-order valence-electron chi connectivity index (χ0n) is 18.7. The Morgan fingerprint density at radius 3 is 2.57 bits per heavy atom. The van der Waals surface area contributed by atoms with E-state index in [1.54, 1.807) is 24.3 Å². The molecule has 0 bridgehead atoms. The maximum absolute atomic E-state index is 12.9. The van der Waals surface area contributed by atoms with Crippen molar-refractivity contribution in [1.29, 1.82) is 0 Å². The standard InChI is InChI=1S/C22H20N8O4S/c1-13-3-9-16(10-4-13)35-12-17-18(25-29-30(17)20-19(23)27-34-28-20)21(31)26-24-11-14-5-7-15(8-6-14)22(32)33-2/h3-11H,12H2,1-2H3,(H2,23,27)(H,26,31)/b24-11+. The summed E-state index contributed by atoms with van der Waals surface area (Å²) in [6, 6.07) is 14.5. The molecule has 35 heavy (non-hydrogen) atoms. The zero-order chi connectivity index (χ0) is 24.8. The van der Waals surface area contributed by atoms with Crippen LogP contribution in [0.25, 0.3) is 5.82 Å². The highest BCUT2D eigenvalue weighted by Crippen LogP contribution is 2.26. The number of nitrogens with zero attached hydrogens (tertiary/aromatic N) is 6. The van der Waals surface area contributed by atoms with Crippen LogP contribution in [0.4, 0.5) is 5.82 Å². The summed E-state index contributed by atoms with van der Waals surface area (Å²) in [5, 5.41) is 19.3. The summed E-state index contributed by atoms with van der Waals surface area (Å²) in [4.78, 5) is 25.4. The van der Waals surface area contributed by atoms with E-state index in [1.807, 2.05) is 31.2 Å². The molecule has 1 amide bonds. The van der Waals surface area contributed by atoms with Crippen LogP contribution in [0.3, 0.4) is 0 Å².